The zero-order valence-electron chi connectivity index (χ0n) is 9.66. The second kappa shape index (κ2) is 5.19. The van der Waals surface area contributed by atoms with Gasteiger partial charge in [0.15, 0.2) is 0 Å². The molecule has 0 unspecified atom stereocenters. The minimum absolute atomic E-state index is 0.0556. The van der Waals surface area contributed by atoms with E-state index in [2.05, 4.69) is 11.4 Å². The Labute approximate surface area is 106 Å². The third-order valence-corrected chi connectivity index (χ3v) is 3.13. The smallest absolute Gasteiger partial charge is 0.251 e. The number of carbonyl (C=O) groups excluding carboxylic acids is 1. The molecule has 1 aliphatic rings. The molecule has 17 heavy (non-hydrogen) atoms. The van der Waals surface area contributed by atoms with E-state index in [1.807, 2.05) is 25.1 Å². The van der Waals surface area contributed by atoms with Crippen LogP contribution in [0.1, 0.15) is 19.8 Å². The van der Waals surface area contributed by atoms with E-state index in [0.717, 1.165) is 24.0 Å². The summed E-state index contributed by atoms with van der Waals surface area (Å²) in [4.78, 5) is 12.1. The first kappa shape index (κ1) is 11.9. The van der Waals surface area contributed by atoms with Gasteiger partial charge in [-0.25, -0.2) is 0 Å². The first-order chi connectivity index (χ1) is 8.18. The lowest BCUT2D eigenvalue weighted by Crippen LogP contribution is -2.16. The Kier molecular flexibility index (Phi) is 3.64. The first-order valence-electron chi connectivity index (χ1n) is 5.60. The van der Waals surface area contributed by atoms with Crippen molar-refractivity contribution in [1.29, 1.82) is 0 Å². The highest BCUT2D eigenvalue weighted by atomic mass is 35.5. The van der Waals surface area contributed by atoms with Crippen molar-refractivity contribution in [1.82, 2.24) is 0 Å². The molecule has 0 saturated carbocycles. The van der Waals surface area contributed by atoms with Crippen LogP contribution in [0.25, 0.3) is 0 Å². The van der Waals surface area contributed by atoms with Crippen LogP contribution in [-0.2, 0) is 4.79 Å². The number of nitrogens with one attached hydrogen (secondary N) is 1. The molecule has 1 aromatic rings. The number of carbonyl (C=O) groups is 1. The van der Waals surface area contributed by atoms with Gasteiger partial charge in [-0.15, -0.1) is 0 Å². The molecule has 0 saturated heterocycles. The average molecular weight is 248 g/mol. The van der Waals surface area contributed by atoms with Crippen molar-refractivity contribution in [3.63, 3.8) is 0 Å². The lowest BCUT2D eigenvalue weighted by molar-refractivity contribution is -0.113. The van der Waals surface area contributed by atoms with Gasteiger partial charge in [0.2, 0.25) is 0 Å². The van der Waals surface area contributed by atoms with Gasteiger partial charge in [0.1, 0.15) is 0 Å². The standard InChI is InChI=1S/C14H14ClNO/c1-10-6-2-3-7-11(10)14(17)16-13-9-5-4-8-12(13)15/h2,4-6,8-9H,3,7H2,1H3,(H,16,17). The highest BCUT2D eigenvalue weighted by molar-refractivity contribution is 6.33. The molecule has 0 heterocycles. The molecule has 1 aromatic carbocycles. The molecule has 0 aromatic heterocycles. The summed E-state index contributed by atoms with van der Waals surface area (Å²) in [6.07, 6.45) is 5.79. The number of halogens is 1. The fraction of sp³-hybridized carbons (Fsp3) is 0.214. The number of anilines is 1. The maximum Gasteiger partial charge on any atom is 0.251 e. The van der Waals surface area contributed by atoms with Crippen LogP contribution in [0.3, 0.4) is 0 Å². The number of benzene rings is 1. The summed E-state index contributed by atoms with van der Waals surface area (Å²) in [6.45, 7) is 1.96. The molecule has 1 amide bonds. The van der Waals surface area contributed by atoms with E-state index in [4.69, 9.17) is 11.6 Å². The van der Waals surface area contributed by atoms with Gasteiger partial charge < -0.3 is 5.32 Å². The number of para-hydroxylation sites is 1. The predicted molar refractivity (Wildman–Crippen MR) is 71.2 cm³/mol. The minimum atomic E-state index is -0.0556. The van der Waals surface area contributed by atoms with Crippen LogP contribution in [0.2, 0.25) is 5.02 Å². The number of rotatable bonds is 2. The van der Waals surface area contributed by atoms with Gasteiger partial charge in [-0.2, -0.15) is 0 Å². The van der Waals surface area contributed by atoms with Crippen LogP contribution in [0.4, 0.5) is 5.69 Å². The zero-order chi connectivity index (χ0) is 12.3. The van der Waals surface area contributed by atoms with Crippen molar-refractivity contribution in [2.75, 3.05) is 5.32 Å². The van der Waals surface area contributed by atoms with Crippen molar-refractivity contribution in [3.8, 4) is 0 Å². The Balaban J connectivity index is 2.18. The summed E-state index contributed by atoms with van der Waals surface area (Å²) in [5.41, 5.74) is 2.53. The quantitative estimate of drug-likeness (QED) is 0.843. The Bertz CT molecular complexity index is 503. The molecule has 0 atom stereocenters. The highest BCUT2D eigenvalue weighted by Gasteiger charge is 2.14. The van der Waals surface area contributed by atoms with E-state index < -0.39 is 0 Å². The van der Waals surface area contributed by atoms with Crippen LogP contribution in [0.5, 0.6) is 0 Å². The predicted octanol–water partition coefficient (Wildman–Crippen LogP) is 3.95. The fourth-order valence-corrected chi connectivity index (χ4v) is 2.02. The van der Waals surface area contributed by atoms with E-state index in [1.165, 1.54) is 0 Å². The second-order valence-corrected chi connectivity index (χ2v) is 4.44. The Morgan fingerprint density at radius 2 is 2.12 bits per heavy atom. The molecular weight excluding hydrogens is 234 g/mol. The lowest BCUT2D eigenvalue weighted by Gasteiger charge is -2.13. The van der Waals surface area contributed by atoms with E-state index in [1.54, 1.807) is 12.1 Å². The summed E-state index contributed by atoms with van der Waals surface area (Å²) in [6, 6.07) is 7.25. The zero-order valence-corrected chi connectivity index (χ0v) is 10.4. The molecule has 1 aliphatic carbocycles. The Morgan fingerprint density at radius 3 is 2.82 bits per heavy atom. The Morgan fingerprint density at radius 1 is 1.35 bits per heavy atom. The highest BCUT2D eigenvalue weighted by Crippen LogP contribution is 2.24. The summed E-state index contributed by atoms with van der Waals surface area (Å²) >= 11 is 6.00. The van der Waals surface area contributed by atoms with E-state index in [0.29, 0.717) is 10.7 Å². The largest absolute Gasteiger partial charge is 0.321 e. The van der Waals surface area contributed by atoms with E-state index in [9.17, 15) is 4.79 Å². The van der Waals surface area contributed by atoms with Crippen molar-refractivity contribution < 1.29 is 4.79 Å². The molecule has 0 radical (unpaired) electrons. The van der Waals surface area contributed by atoms with Gasteiger partial charge >= 0.3 is 0 Å². The average Bonchev–Trinajstić information content (AvgIpc) is 2.32. The SMILES string of the molecule is CC1=C(C(=O)Nc2ccccc2Cl)CCC=C1. The van der Waals surface area contributed by atoms with E-state index >= 15 is 0 Å². The molecule has 3 heteroatoms. The van der Waals surface area contributed by atoms with Gasteiger partial charge in [0, 0.05) is 5.57 Å². The van der Waals surface area contributed by atoms with Gasteiger partial charge in [-0.1, -0.05) is 35.9 Å². The Hall–Kier alpha value is -1.54. The van der Waals surface area contributed by atoms with Gasteiger partial charge in [-0.05, 0) is 37.5 Å². The summed E-state index contributed by atoms with van der Waals surface area (Å²) in [7, 11) is 0. The molecule has 88 valence electrons. The van der Waals surface area contributed by atoms with Crippen LogP contribution < -0.4 is 5.32 Å². The third kappa shape index (κ3) is 2.77. The monoisotopic (exact) mass is 247 g/mol. The summed E-state index contributed by atoms with van der Waals surface area (Å²) in [5.74, 6) is -0.0556. The summed E-state index contributed by atoms with van der Waals surface area (Å²) < 4.78 is 0. The van der Waals surface area contributed by atoms with Crippen LogP contribution in [-0.4, -0.2) is 5.91 Å². The van der Waals surface area contributed by atoms with Crippen molar-refractivity contribution in [2.24, 2.45) is 0 Å². The topological polar surface area (TPSA) is 29.1 Å². The van der Waals surface area contributed by atoms with Crippen LogP contribution in [0, 0.1) is 0 Å². The van der Waals surface area contributed by atoms with Crippen LogP contribution >= 0.6 is 11.6 Å². The molecular formula is C14H14ClNO. The molecule has 2 nitrogen and oxygen atoms in total. The molecule has 2 rings (SSSR count). The molecule has 0 bridgehead atoms. The number of allylic oxidation sites excluding steroid dienone is 3. The van der Waals surface area contributed by atoms with E-state index in [-0.39, 0.29) is 5.91 Å². The lowest BCUT2D eigenvalue weighted by atomic mass is 9.98. The third-order valence-electron chi connectivity index (χ3n) is 2.80. The first-order valence-corrected chi connectivity index (χ1v) is 5.98. The summed E-state index contributed by atoms with van der Waals surface area (Å²) in [5, 5.41) is 3.41. The fourth-order valence-electron chi connectivity index (χ4n) is 1.84. The number of amides is 1. The number of hydrogen-bond acceptors (Lipinski definition) is 1. The van der Waals surface area contributed by atoms with Gasteiger partial charge in [-0.3, -0.25) is 4.79 Å². The maximum atomic E-state index is 12.1. The van der Waals surface area contributed by atoms with Crippen LogP contribution in [0.15, 0.2) is 47.6 Å². The molecule has 0 aliphatic heterocycles. The van der Waals surface area contributed by atoms with Gasteiger partial charge in [0.05, 0.1) is 10.7 Å². The molecule has 0 fully saturated rings. The second-order valence-electron chi connectivity index (χ2n) is 4.04. The number of hydrogen-bond donors (Lipinski definition) is 1. The van der Waals surface area contributed by atoms with Crippen molar-refractivity contribution in [3.05, 3.63) is 52.6 Å². The minimum Gasteiger partial charge on any atom is -0.321 e. The normalized spacial score (nSPS) is 14.9. The van der Waals surface area contributed by atoms with Crippen molar-refractivity contribution >= 4 is 23.2 Å². The maximum absolute atomic E-state index is 12.1. The van der Waals surface area contributed by atoms with Crippen molar-refractivity contribution in [2.45, 2.75) is 19.8 Å². The van der Waals surface area contributed by atoms with Gasteiger partial charge in [0.25, 0.3) is 5.91 Å². The molecule has 1 N–H and O–H groups in total. The molecule has 0 spiro atoms.